The number of hydrogen-bond acceptors (Lipinski definition) is 4. The molecule has 2 aromatic rings. The number of carbonyl (C=O) groups excluding carboxylic acids is 2. The van der Waals surface area contributed by atoms with Crippen molar-refractivity contribution in [3.63, 3.8) is 0 Å². The van der Waals surface area contributed by atoms with E-state index in [0.717, 1.165) is 15.9 Å². The van der Waals surface area contributed by atoms with Gasteiger partial charge < -0.3 is 30.4 Å². The number of halogens is 1. The molecule has 2 heterocycles. The van der Waals surface area contributed by atoms with Gasteiger partial charge in [0, 0.05) is 6.54 Å². The van der Waals surface area contributed by atoms with Crippen molar-refractivity contribution in [2.75, 3.05) is 7.11 Å². The van der Waals surface area contributed by atoms with Gasteiger partial charge in [0.2, 0.25) is 0 Å². The topological polar surface area (TPSA) is 105 Å². The Bertz CT molecular complexity index is 898. The third kappa shape index (κ3) is 3.35. The maximum Gasteiger partial charge on any atom is 0.315 e. The quantitative estimate of drug-likeness (QED) is 0.569. The number of carbonyl (C=O) groups is 2. The number of benzene rings is 1. The third-order valence-electron chi connectivity index (χ3n) is 5.34. The fourth-order valence-electron chi connectivity index (χ4n) is 3.96. The summed E-state index contributed by atoms with van der Waals surface area (Å²) < 4.78 is 7.77. The number of methoxy groups -OCH3 is 1. The molecule has 0 bridgehead atoms. The number of aliphatic hydroxyl groups is 1. The second-order valence-electron chi connectivity index (χ2n) is 6.98. The number of rotatable bonds is 4. The summed E-state index contributed by atoms with van der Waals surface area (Å²) in [6.45, 7) is 0.340. The number of amides is 3. The molecule has 9 heteroatoms. The Morgan fingerprint density at radius 3 is 2.79 bits per heavy atom. The van der Waals surface area contributed by atoms with E-state index in [1.165, 1.54) is 0 Å². The van der Waals surface area contributed by atoms with E-state index >= 15 is 0 Å². The molecule has 1 saturated carbocycles. The molecular weight excluding hydrogens is 428 g/mol. The van der Waals surface area contributed by atoms with Gasteiger partial charge in [0.1, 0.15) is 11.4 Å². The summed E-state index contributed by atoms with van der Waals surface area (Å²) in [6, 6.07) is 9.45. The molecule has 1 aliphatic heterocycles. The summed E-state index contributed by atoms with van der Waals surface area (Å²) >= 11 is 3.46. The zero-order valence-corrected chi connectivity index (χ0v) is 16.8. The second-order valence-corrected chi connectivity index (χ2v) is 7.79. The van der Waals surface area contributed by atoms with Gasteiger partial charge in [0.25, 0.3) is 5.91 Å². The van der Waals surface area contributed by atoms with Crippen molar-refractivity contribution in [2.45, 2.75) is 37.2 Å². The van der Waals surface area contributed by atoms with Gasteiger partial charge in [0.05, 0.1) is 35.9 Å². The molecule has 4 rings (SSSR count). The van der Waals surface area contributed by atoms with Crippen LogP contribution in [0.1, 0.15) is 28.5 Å². The first kappa shape index (κ1) is 18.8. The van der Waals surface area contributed by atoms with Crippen molar-refractivity contribution in [1.29, 1.82) is 0 Å². The zero-order chi connectivity index (χ0) is 19.8. The van der Waals surface area contributed by atoms with Gasteiger partial charge in [-0.15, -0.1) is 0 Å². The molecule has 4 N–H and O–H groups in total. The molecule has 0 saturated heterocycles. The fourth-order valence-corrected chi connectivity index (χ4v) is 4.54. The Morgan fingerprint density at radius 1 is 1.32 bits per heavy atom. The van der Waals surface area contributed by atoms with Crippen LogP contribution in [0.2, 0.25) is 0 Å². The van der Waals surface area contributed by atoms with Crippen LogP contribution >= 0.6 is 15.9 Å². The Hall–Kier alpha value is -2.52. The van der Waals surface area contributed by atoms with E-state index in [2.05, 4.69) is 31.9 Å². The molecule has 0 spiro atoms. The van der Waals surface area contributed by atoms with Crippen LogP contribution < -0.4 is 20.7 Å². The molecule has 4 atom stereocenters. The number of hydrogen-bond donors (Lipinski definition) is 4. The first-order chi connectivity index (χ1) is 13.5. The van der Waals surface area contributed by atoms with Crippen molar-refractivity contribution in [3.8, 4) is 5.75 Å². The smallest absolute Gasteiger partial charge is 0.315 e. The van der Waals surface area contributed by atoms with Crippen LogP contribution in [0.4, 0.5) is 4.79 Å². The van der Waals surface area contributed by atoms with Gasteiger partial charge in [-0.25, -0.2) is 4.79 Å². The summed E-state index contributed by atoms with van der Waals surface area (Å²) in [7, 11) is 1.60. The summed E-state index contributed by atoms with van der Waals surface area (Å²) in [5, 5.41) is 19.0. The number of fused-ring (bicyclic) bond motifs is 3. The lowest BCUT2D eigenvalue weighted by Gasteiger charge is -2.33. The van der Waals surface area contributed by atoms with Crippen molar-refractivity contribution in [2.24, 2.45) is 0 Å². The normalized spacial score (nSPS) is 25.5. The largest absolute Gasteiger partial charge is 0.497 e. The minimum absolute atomic E-state index is 0.126. The molecule has 1 aromatic carbocycles. The van der Waals surface area contributed by atoms with Gasteiger partial charge in [-0.1, -0.05) is 12.1 Å². The van der Waals surface area contributed by atoms with E-state index in [1.54, 1.807) is 13.2 Å². The van der Waals surface area contributed by atoms with Crippen molar-refractivity contribution in [3.05, 3.63) is 52.3 Å². The van der Waals surface area contributed by atoms with Crippen molar-refractivity contribution in [1.82, 2.24) is 20.5 Å². The predicted octanol–water partition coefficient (Wildman–Crippen LogP) is 1.54. The maximum absolute atomic E-state index is 12.4. The highest BCUT2D eigenvalue weighted by Gasteiger charge is 2.48. The second kappa shape index (κ2) is 7.48. The van der Waals surface area contributed by atoms with E-state index in [1.807, 2.05) is 34.9 Å². The number of nitrogens with one attached hydrogen (secondary N) is 3. The van der Waals surface area contributed by atoms with Crippen LogP contribution in [0.15, 0.2) is 41.0 Å². The van der Waals surface area contributed by atoms with Gasteiger partial charge in [-0.05, 0) is 52.2 Å². The summed E-state index contributed by atoms with van der Waals surface area (Å²) in [5.41, 5.74) is 1.47. The molecule has 1 fully saturated rings. The molecule has 3 amide bonds. The zero-order valence-electron chi connectivity index (χ0n) is 15.2. The van der Waals surface area contributed by atoms with Crippen LogP contribution in [0, 0.1) is 0 Å². The van der Waals surface area contributed by atoms with Gasteiger partial charge in [-0.3, -0.25) is 4.79 Å². The number of nitrogens with zero attached hydrogens (tertiary/aromatic N) is 1. The molecule has 148 valence electrons. The molecule has 8 nitrogen and oxygen atoms in total. The van der Waals surface area contributed by atoms with Crippen LogP contribution in [0.25, 0.3) is 0 Å². The summed E-state index contributed by atoms with van der Waals surface area (Å²) in [5.74, 6) is 0.531. The number of aliphatic hydroxyl groups excluding tert-OH is 1. The van der Waals surface area contributed by atoms with E-state index in [0.29, 0.717) is 18.7 Å². The molecule has 2 aliphatic rings. The monoisotopic (exact) mass is 448 g/mol. The lowest BCUT2D eigenvalue weighted by molar-refractivity contribution is 0.0872. The van der Waals surface area contributed by atoms with E-state index in [4.69, 9.17) is 4.74 Å². The van der Waals surface area contributed by atoms with Crippen LogP contribution in [-0.4, -0.2) is 46.9 Å². The summed E-state index contributed by atoms with van der Waals surface area (Å²) in [4.78, 5) is 24.7. The van der Waals surface area contributed by atoms with Gasteiger partial charge >= 0.3 is 6.03 Å². The highest BCUT2D eigenvalue weighted by Crippen LogP contribution is 2.37. The lowest BCUT2D eigenvalue weighted by atomic mass is 10.1. The van der Waals surface area contributed by atoms with E-state index in [-0.39, 0.29) is 18.0 Å². The third-order valence-corrected chi connectivity index (χ3v) is 5.99. The Balaban J connectivity index is 1.41. The van der Waals surface area contributed by atoms with Crippen LogP contribution in [-0.2, 0) is 6.54 Å². The van der Waals surface area contributed by atoms with Crippen LogP contribution in [0.5, 0.6) is 5.75 Å². The molecule has 1 aromatic heterocycles. The molecule has 0 radical (unpaired) electrons. The minimum Gasteiger partial charge on any atom is -0.497 e. The van der Waals surface area contributed by atoms with E-state index in [9.17, 15) is 14.7 Å². The highest BCUT2D eigenvalue weighted by molar-refractivity contribution is 9.10. The van der Waals surface area contributed by atoms with Gasteiger partial charge in [0.15, 0.2) is 0 Å². The molecule has 0 unspecified atom stereocenters. The lowest BCUT2D eigenvalue weighted by Crippen LogP contribution is -2.58. The first-order valence-electron chi connectivity index (χ1n) is 9.01. The Kier molecular flexibility index (Phi) is 5.03. The minimum atomic E-state index is -0.762. The number of urea groups is 1. The van der Waals surface area contributed by atoms with Crippen molar-refractivity contribution >= 4 is 27.9 Å². The first-order valence-corrected chi connectivity index (χ1v) is 9.80. The Morgan fingerprint density at radius 2 is 2.07 bits per heavy atom. The average molecular weight is 449 g/mol. The van der Waals surface area contributed by atoms with E-state index < -0.39 is 18.2 Å². The molecule has 28 heavy (non-hydrogen) atoms. The fraction of sp³-hybridized carbons (Fsp3) is 0.368. The SMILES string of the molecule is COc1ccc(CNC(=O)N[C@H]2[C@@H]3NC(=O)c4ccc(Br)n4[C@@H]3C[C@@H]2O)cc1. The average Bonchev–Trinajstić information content (AvgIpc) is 3.22. The van der Waals surface area contributed by atoms with Gasteiger partial charge in [-0.2, -0.15) is 0 Å². The van der Waals surface area contributed by atoms with Crippen LogP contribution in [0.3, 0.4) is 0 Å². The predicted molar refractivity (Wildman–Crippen MR) is 105 cm³/mol. The maximum atomic E-state index is 12.4. The van der Waals surface area contributed by atoms with Crippen molar-refractivity contribution < 1.29 is 19.4 Å². The summed E-state index contributed by atoms with van der Waals surface area (Å²) in [6.07, 6.45) is -0.323. The molecule has 1 aliphatic carbocycles. The highest BCUT2D eigenvalue weighted by atomic mass is 79.9. The number of ether oxygens (including phenoxy) is 1. The molecular formula is C19H21BrN4O4. The number of aromatic nitrogens is 1. The Labute approximate surface area is 170 Å². The standard InChI is InChI=1S/C19H21BrN4O4/c1-28-11-4-2-10(3-5-11)9-21-19(27)23-17-14(25)8-13-16(17)22-18(26)12-6-7-15(20)24(12)13/h2-7,13-14,16-17,25H,8-9H2,1H3,(H,22,26)(H2,21,23,27)/t13-,14+,16-,17-/m1/s1.